The lowest BCUT2D eigenvalue weighted by atomic mass is 10.3. The summed E-state index contributed by atoms with van der Waals surface area (Å²) < 4.78 is 25.4. The number of halogens is 4. The van der Waals surface area contributed by atoms with E-state index < -0.39 is 27.6 Å². The highest BCUT2D eigenvalue weighted by Crippen LogP contribution is 2.19. The summed E-state index contributed by atoms with van der Waals surface area (Å²) in [4.78, 5) is 13.6. The van der Waals surface area contributed by atoms with Crippen LogP contribution in [-0.4, -0.2) is 10.2 Å². The average molecular weight is 212 g/mol. The van der Waals surface area contributed by atoms with E-state index in [-0.39, 0.29) is 0 Å². The van der Waals surface area contributed by atoms with Crippen molar-refractivity contribution in [1.29, 1.82) is 0 Å². The molecule has 0 saturated carbocycles. The van der Waals surface area contributed by atoms with Gasteiger partial charge in [-0.25, -0.2) is 13.8 Å². The van der Waals surface area contributed by atoms with Crippen LogP contribution in [0.15, 0.2) is 6.20 Å². The Morgan fingerprint density at radius 1 is 1.50 bits per heavy atom. The molecule has 1 aromatic heterocycles. The Morgan fingerprint density at radius 2 is 2.08 bits per heavy atom. The molecule has 1 heterocycles. The van der Waals surface area contributed by atoms with Gasteiger partial charge < -0.3 is 0 Å². The highest BCUT2D eigenvalue weighted by atomic mass is 35.5. The van der Waals surface area contributed by atoms with E-state index in [4.69, 9.17) is 23.2 Å². The standard InChI is InChI=1S/C6HCl2F2NO/c7-5-4(10)3(6(8)12)2(9)1-11-5/h1H. The number of pyridine rings is 1. The molecule has 0 aromatic carbocycles. The summed E-state index contributed by atoms with van der Waals surface area (Å²) >= 11 is 10.0. The highest BCUT2D eigenvalue weighted by Gasteiger charge is 2.18. The van der Waals surface area contributed by atoms with Crippen molar-refractivity contribution in [2.45, 2.75) is 0 Å². The van der Waals surface area contributed by atoms with Crippen molar-refractivity contribution in [3.05, 3.63) is 28.5 Å². The first-order valence-corrected chi connectivity index (χ1v) is 3.49. The van der Waals surface area contributed by atoms with E-state index in [2.05, 4.69) is 4.98 Å². The maximum atomic E-state index is 12.8. The Kier molecular flexibility index (Phi) is 2.59. The van der Waals surface area contributed by atoms with E-state index in [9.17, 15) is 13.6 Å². The zero-order valence-corrected chi connectivity index (χ0v) is 6.96. The average Bonchev–Trinajstić information content (AvgIpc) is 1.97. The first-order chi connectivity index (χ1) is 5.54. The first kappa shape index (κ1) is 9.35. The molecule has 0 amide bonds. The van der Waals surface area contributed by atoms with Gasteiger partial charge in [0.05, 0.1) is 6.20 Å². The molecule has 64 valence electrons. The molecule has 0 aliphatic carbocycles. The number of rotatable bonds is 1. The fraction of sp³-hybridized carbons (Fsp3) is 0. The molecule has 0 fully saturated rings. The quantitative estimate of drug-likeness (QED) is 0.528. The molecule has 12 heavy (non-hydrogen) atoms. The SMILES string of the molecule is O=C(Cl)c1c(F)cnc(Cl)c1F. The Morgan fingerprint density at radius 3 is 2.50 bits per heavy atom. The first-order valence-electron chi connectivity index (χ1n) is 2.73. The molecule has 2 nitrogen and oxygen atoms in total. The lowest BCUT2D eigenvalue weighted by Crippen LogP contribution is -2.01. The van der Waals surface area contributed by atoms with Crippen LogP contribution < -0.4 is 0 Å². The van der Waals surface area contributed by atoms with Crippen molar-refractivity contribution in [2.75, 3.05) is 0 Å². The molecule has 0 unspecified atom stereocenters. The van der Waals surface area contributed by atoms with Gasteiger partial charge in [-0.1, -0.05) is 11.6 Å². The van der Waals surface area contributed by atoms with Gasteiger partial charge in [-0.15, -0.1) is 0 Å². The van der Waals surface area contributed by atoms with Crippen LogP contribution in [0.3, 0.4) is 0 Å². The van der Waals surface area contributed by atoms with Crippen LogP contribution in [0.2, 0.25) is 5.15 Å². The third kappa shape index (κ3) is 1.54. The summed E-state index contributed by atoms with van der Waals surface area (Å²) in [5, 5.41) is -1.82. The minimum atomic E-state index is -1.24. The smallest absolute Gasteiger partial charge is 0.258 e. The maximum Gasteiger partial charge on any atom is 0.258 e. The fourth-order valence-corrected chi connectivity index (χ4v) is 0.939. The Labute approximate surface area is 76.1 Å². The van der Waals surface area contributed by atoms with E-state index in [1.54, 1.807) is 0 Å². The van der Waals surface area contributed by atoms with Gasteiger partial charge in [-0.3, -0.25) is 4.79 Å². The van der Waals surface area contributed by atoms with Crippen LogP contribution in [0, 0.1) is 11.6 Å². The van der Waals surface area contributed by atoms with Crippen LogP contribution in [0.1, 0.15) is 10.4 Å². The van der Waals surface area contributed by atoms with Crippen LogP contribution in [0.5, 0.6) is 0 Å². The monoisotopic (exact) mass is 211 g/mol. The maximum absolute atomic E-state index is 12.8. The number of aromatic nitrogens is 1. The van der Waals surface area contributed by atoms with Gasteiger partial charge in [0.1, 0.15) is 5.56 Å². The van der Waals surface area contributed by atoms with Crippen molar-refractivity contribution in [3.8, 4) is 0 Å². The summed E-state index contributed by atoms with van der Waals surface area (Å²) in [5.41, 5.74) is -0.878. The van der Waals surface area contributed by atoms with Crippen LogP contribution in [0.4, 0.5) is 8.78 Å². The van der Waals surface area contributed by atoms with Crippen LogP contribution in [0.25, 0.3) is 0 Å². The van der Waals surface area contributed by atoms with Gasteiger partial charge in [-0.2, -0.15) is 0 Å². The van der Waals surface area contributed by atoms with Crippen molar-refractivity contribution in [3.63, 3.8) is 0 Å². The fourth-order valence-electron chi connectivity index (χ4n) is 0.623. The Balaban J connectivity index is 3.43. The lowest BCUT2D eigenvalue weighted by molar-refractivity contribution is 0.107. The Hall–Kier alpha value is -0.740. The number of carbonyl (C=O) groups is 1. The zero-order chi connectivity index (χ0) is 9.30. The summed E-state index contributed by atoms with van der Waals surface area (Å²) in [5.74, 6) is -2.37. The van der Waals surface area contributed by atoms with Gasteiger partial charge in [0, 0.05) is 0 Å². The van der Waals surface area contributed by atoms with Crippen LogP contribution in [-0.2, 0) is 0 Å². The molecular weight excluding hydrogens is 211 g/mol. The van der Waals surface area contributed by atoms with E-state index in [0.29, 0.717) is 6.20 Å². The summed E-state index contributed by atoms with van der Waals surface area (Å²) in [6.07, 6.45) is 0.626. The van der Waals surface area contributed by atoms with E-state index >= 15 is 0 Å². The third-order valence-corrected chi connectivity index (χ3v) is 1.58. The van der Waals surface area contributed by atoms with Crippen molar-refractivity contribution < 1.29 is 13.6 Å². The normalized spacial score (nSPS) is 10.0. The van der Waals surface area contributed by atoms with Gasteiger partial charge in [0.2, 0.25) is 0 Å². The van der Waals surface area contributed by atoms with Gasteiger partial charge >= 0.3 is 0 Å². The summed E-state index contributed by atoms with van der Waals surface area (Å²) in [6, 6.07) is 0. The predicted octanol–water partition coefficient (Wildman–Crippen LogP) is 2.39. The summed E-state index contributed by atoms with van der Waals surface area (Å²) in [6.45, 7) is 0. The van der Waals surface area contributed by atoms with Crippen molar-refractivity contribution >= 4 is 28.4 Å². The second-order valence-corrected chi connectivity index (χ2v) is 2.56. The predicted molar refractivity (Wildman–Crippen MR) is 39.3 cm³/mol. The molecular formula is C6HCl2F2NO. The topological polar surface area (TPSA) is 30.0 Å². The van der Waals surface area contributed by atoms with E-state index in [0.717, 1.165) is 0 Å². The van der Waals surface area contributed by atoms with Crippen molar-refractivity contribution in [1.82, 2.24) is 4.98 Å². The van der Waals surface area contributed by atoms with Gasteiger partial charge in [0.15, 0.2) is 16.8 Å². The molecule has 1 rings (SSSR count). The lowest BCUT2D eigenvalue weighted by Gasteiger charge is -1.98. The van der Waals surface area contributed by atoms with E-state index in [1.165, 1.54) is 0 Å². The molecule has 0 bridgehead atoms. The van der Waals surface area contributed by atoms with Crippen LogP contribution >= 0.6 is 23.2 Å². The molecule has 0 N–H and O–H groups in total. The molecule has 1 aromatic rings. The zero-order valence-electron chi connectivity index (χ0n) is 5.44. The molecule has 0 radical (unpaired) electrons. The molecule has 0 saturated heterocycles. The molecule has 0 aliphatic rings. The minimum Gasteiger partial charge on any atom is -0.275 e. The number of hydrogen-bond acceptors (Lipinski definition) is 2. The minimum absolute atomic E-state index is 0.583. The van der Waals surface area contributed by atoms with E-state index in [1.807, 2.05) is 0 Å². The molecule has 6 heteroatoms. The number of carbonyl (C=O) groups excluding carboxylic acids is 1. The molecule has 0 aliphatic heterocycles. The molecule has 0 atom stereocenters. The number of nitrogens with zero attached hydrogens (tertiary/aromatic N) is 1. The second-order valence-electron chi connectivity index (χ2n) is 1.86. The van der Waals surface area contributed by atoms with Gasteiger partial charge in [-0.05, 0) is 11.6 Å². The number of hydrogen-bond donors (Lipinski definition) is 0. The second kappa shape index (κ2) is 3.33. The highest BCUT2D eigenvalue weighted by molar-refractivity contribution is 6.67. The third-order valence-electron chi connectivity index (χ3n) is 1.13. The Bertz CT molecular complexity index is 343. The van der Waals surface area contributed by atoms with Crippen molar-refractivity contribution in [2.24, 2.45) is 0 Å². The molecule has 0 spiro atoms. The van der Waals surface area contributed by atoms with Gasteiger partial charge in [0.25, 0.3) is 5.24 Å². The summed E-state index contributed by atoms with van der Waals surface area (Å²) in [7, 11) is 0. The largest absolute Gasteiger partial charge is 0.275 e.